The summed E-state index contributed by atoms with van der Waals surface area (Å²) >= 11 is 0. The third-order valence-corrected chi connectivity index (χ3v) is 4.39. The minimum atomic E-state index is 0.854. The molecule has 0 aliphatic carbocycles. The predicted molar refractivity (Wildman–Crippen MR) is 91.6 cm³/mol. The van der Waals surface area contributed by atoms with Gasteiger partial charge in [-0.15, -0.1) is 0 Å². The topological polar surface area (TPSA) is 36.7 Å². The Balaban J connectivity index is 1.66. The van der Waals surface area contributed by atoms with Crippen LogP contribution in [0.3, 0.4) is 0 Å². The van der Waals surface area contributed by atoms with Crippen molar-refractivity contribution < 1.29 is 0 Å². The fourth-order valence-corrected chi connectivity index (χ4v) is 3.23. The molecule has 1 aliphatic rings. The summed E-state index contributed by atoms with van der Waals surface area (Å²) in [5, 5.41) is 4.47. The lowest BCUT2D eigenvalue weighted by Gasteiger charge is -2.24. The summed E-state index contributed by atoms with van der Waals surface area (Å²) in [5.41, 5.74) is 5.80. The van der Waals surface area contributed by atoms with E-state index in [1.165, 1.54) is 16.8 Å². The number of para-hydroxylation sites is 1. The monoisotopic (exact) mass is 307 g/mol. The largest absolute Gasteiger partial charge is 0.366 e. The third-order valence-electron chi connectivity index (χ3n) is 4.39. The lowest BCUT2D eigenvalue weighted by atomic mass is 10.1. The zero-order chi connectivity index (χ0) is 15.8. The number of rotatable bonds is 2. The van der Waals surface area contributed by atoms with Crippen LogP contribution in [0.15, 0.2) is 42.7 Å². The maximum Gasteiger partial charge on any atom is 0.155 e. The van der Waals surface area contributed by atoms with Crippen molar-refractivity contribution in [2.24, 2.45) is 0 Å². The normalized spacial score (nSPS) is 15.7. The summed E-state index contributed by atoms with van der Waals surface area (Å²) in [4.78, 5) is 9.34. The van der Waals surface area contributed by atoms with E-state index in [0.29, 0.717) is 0 Å². The van der Waals surface area contributed by atoms with Crippen LogP contribution in [0.25, 0.3) is 5.65 Å². The molecule has 1 aromatic carbocycles. The highest BCUT2D eigenvalue weighted by Gasteiger charge is 2.17. The number of aromatic nitrogens is 3. The van der Waals surface area contributed by atoms with Crippen molar-refractivity contribution >= 4 is 11.3 Å². The molecule has 5 heteroatoms. The molecule has 0 spiro atoms. The summed E-state index contributed by atoms with van der Waals surface area (Å²) in [5.74, 6) is 0. The smallest absolute Gasteiger partial charge is 0.155 e. The van der Waals surface area contributed by atoms with E-state index in [0.717, 1.165) is 37.5 Å². The Morgan fingerprint density at radius 3 is 2.96 bits per heavy atom. The van der Waals surface area contributed by atoms with Gasteiger partial charge < -0.3 is 9.80 Å². The van der Waals surface area contributed by atoms with Gasteiger partial charge in [0.2, 0.25) is 0 Å². The number of aryl methyl sites for hydroxylation is 1. The lowest BCUT2D eigenvalue weighted by Crippen LogP contribution is -2.29. The molecule has 0 unspecified atom stereocenters. The number of likely N-dealkylation sites (N-methyl/N-ethyl adjacent to an activating group) is 1. The highest BCUT2D eigenvalue weighted by molar-refractivity contribution is 5.54. The summed E-state index contributed by atoms with van der Waals surface area (Å²) in [6.45, 7) is 5.93. The molecular weight excluding hydrogens is 286 g/mol. The maximum atomic E-state index is 4.53. The molecule has 4 rings (SSSR count). The fourth-order valence-electron chi connectivity index (χ4n) is 3.23. The van der Waals surface area contributed by atoms with E-state index in [2.05, 4.69) is 57.4 Å². The molecule has 0 radical (unpaired) electrons. The van der Waals surface area contributed by atoms with Crippen molar-refractivity contribution in [2.75, 3.05) is 25.0 Å². The fraction of sp³-hybridized carbons (Fsp3) is 0.333. The molecule has 0 saturated heterocycles. The molecule has 0 fully saturated rings. The Hall–Kier alpha value is -2.40. The minimum absolute atomic E-state index is 0.854. The first kappa shape index (κ1) is 14.2. The summed E-state index contributed by atoms with van der Waals surface area (Å²) in [6, 6.07) is 10.7. The number of hydrogen-bond donors (Lipinski definition) is 0. The van der Waals surface area contributed by atoms with Crippen LogP contribution in [-0.4, -0.2) is 39.6 Å². The molecule has 3 aromatic rings. The number of benzene rings is 1. The number of anilines is 1. The summed E-state index contributed by atoms with van der Waals surface area (Å²) in [7, 11) is 2.18. The highest BCUT2D eigenvalue weighted by atomic mass is 15.3. The van der Waals surface area contributed by atoms with Crippen LogP contribution in [0.5, 0.6) is 0 Å². The second kappa shape index (κ2) is 5.66. The molecule has 23 heavy (non-hydrogen) atoms. The Kier molecular flexibility index (Phi) is 3.50. The second-order valence-corrected chi connectivity index (χ2v) is 6.34. The first-order valence-corrected chi connectivity index (χ1v) is 8.01. The van der Waals surface area contributed by atoms with E-state index in [4.69, 9.17) is 0 Å². The molecule has 0 N–H and O–H groups in total. The van der Waals surface area contributed by atoms with Crippen molar-refractivity contribution in [3.63, 3.8) is 0 Å². The van der Waals surface area contributed by atoms with Gasteiger partial charge in [-0.05, 0) is 25.6 Å². The summed E-state index contributed by atoms with van der Waals surface area (Å²) in [6.07, 6.45) is 4.06. The van der Waals surface area contributed by atoms with Gasteiger partial charge in [-0.25, -0.2) is 9.50 Å². The Labute approximate surface area is 136 Å². The zero-order valence-corrected chi connectivity index (χ0v) is 13.6. The molecule has 2 aromatic heterocycles. The van der Waals surface area contributed by atoms with Gasteiger partial charge >= 0.3 is 0 Å². The van der Waals surface area contributed by atoms with E-state index in [1.807, 2.05) is 23.7 Å². The Bertz CT molecular complexity index is 838. The molecule has 0 bridgehead atoms. The van der Waals surface area contributed by atoms with Gasteiger partial charge in [0, 0.05) is 55.9 Å². The maximum absolute atomic E-state index is 4.53. The lowest BCUT2D eigenvalue weighted by molar-refractivity contribution is 0.341. The van der Waals surface area contributed by atoms with Crippen LogP contribution >= 0.6 is 0 Å². The predicted octanol–water partition coefficient (Wildman–Crippen LogP) is 2.49. The van der Waals surface area contributed by atoms with Gasteiger partial charge in [0.05, 0.1) is 5.69 Å². The first-order valence-electron chi connectivity index (χ1n) is 8.01. The molecule has 0 saturated carbocycles. The van der Waals surface area contributed by atoms with Gasteiger partial charge in [0.15, 0.2) is 5.65 Å². The van der Waals surface area contributed by atoms with Crippen molar-refractivity contribution in [1.82, 2.24) is 19.5 Å². The van der Waals surface area contributed by atoms with Gasteiger partial charge in [-0.3, -0.25) is 0 Å². The van der Waals surface area contributed by atoms with Gasteiger partial charge in [-0.1, -0.05) is 18.2 Å². The molecular formula is C18H21N5. The van der Waals surface area contributed by atoms with E-state index in [9.17, 15) is 0 Å². The van der Waals surface area contributed by atoms with E-state index >= 15 is 0 Å². The number of nitrogens with zero attached hydrogens (tertiary/aromatic N) is 5. The van der Waals surface area contributed by atoms with Crippen molar-refractivity contribution in [2.45, 2.75) is 20.0 Å². The molecule has 1 aliphatic heterocycles. The summed E-state index contributed by atoms with van der Waals surface area (Å²) < 4.78 is 1.88. The van der Waals surface area contributed by atoms with Gasteiger partial charge in [-0.2, -0.15) is 5.10 Å². The van der Waals surface area contributed by atoms with E-state index < -0.39 is 0 Å². The van der Waals surface area contributed by atoms with Crippen molar-refractivity contribution in [3.05, 3.63) is 59.5 Å². The Morgan fingerprint density at radius 2 is 2.04 bits per heavy atom. The Morgan fingerprint density at radius 1 is 1.17 bits per heavy atom. The molecule has 0 amide bonds. The van der Waals surface area contributed by atoms with Crippen LogP contribution in [0, 0.1) is 6.92 Å². The number of fused-ring (bicyclic) bond motifs is 2. The standard InChI is InChI=1S/C18H21N5/c1-14-9-18-19-10-15(12-23(18)20-14)11-22-8-7-21(2)13-16-5-3-4-6-17(16)22/h3-6,9-10,12H,7-8,11,13H2,1-2H3. The highest BCUT2D eigenvalue weighted by Crippen LogP contribution is 2.25. The van der Waals surface area contributed by atoms with E-state index in [-0.39, 0.29) is 0 Å². The quantitative estimate of drug-likeness (QED) is 0.729. The van der Waals surface area contributed by atoms with Crippen LogP contribution in [0.1, 0.15) is 16.8 Å². The average Bonchev–Trinajstić information content (AvgIpc) is 2.83. The van der Waals surface area contributed by atoms with Crippen LogP contribution < -0.4 is 4.90 Å². The molecule has 3 heterocycles. The zero-order valence-electron chi connectivity index (χ0n) is 13.6. The van der Waals surface area contributed by atoms with Crippen molar-refractivity contribution in [1.29, 1.82) is 0 Å². The number of hydrogen-bond acceptors (Lipinski definition) is 4. The van der Waals surface area contributed by atoms with E-state index in [1.54, 1.807) is 0 Å². The van der Waals surface area contributed by atoms with Crippen LogP contribution in [-0.2, 0) is 13.1 Å². The van der Waals surface area contributed by atoms with Gasteiger partial charge in [0.1, 0.15) is 0 Å². The van der Waals surface area contributed by atoms with Crippen molar-refractivity contribution in [3.8, 4) is 0 Å². The SMILES string of the molecule is Cc1cc2ncc(CN3CCN(C)Cc4ccccc43)cn2n1. The minimum Gasteiger partial charge on any atom is -0.366 e. The van der Waals surface area contributed by atoms with Crippen LogP contribution in [0.2, 0.25) is 0 Å². The molecule has 0 atom stereocenters. The first-order chi connectivity index (χ1) is 11.2. The molecule has 5 nitrogen and oxygen atoms in total. The second-order valence-electron chi connectivity index (χ2n) is 6.34. The third kappa shape index (κ3) is 2.80. The molecule has 118 valence electrons. The average molecular weight is 307 g/mol. The van der Waals surface area contributed by atoms with Crippen LogP contribution in [0.4, 0.5) is 5.69 Å². The van der Waals surface area contributed by atoms with Gasteiger partial charge in [0.25, 0.3) is 0 Å².